The average molecular weight is 370 g/mol. The van der Waals surface area contributed by atoms with Gasteiger partial charge in [-0.05, 0) is 35.7 Å². The zero-order valence-corrected chi connectivity index (χ0v) is 13.9. The van der Waals surface area contributed by atoms with Crippen molar-refractivity contribution in [2.45, 2.75) is 25.0 Å². The monoisotopic (exact) mass is 369 g/mol. The summed E-state index contributed by atoms with van der Waals surface area (Å²) < 4.78 is 28.2. The van der Waals surface area contributed by atoms with Gasteiger partial charge < -0.3 is 5.11 Å². The summed E-state index contributed by atoms with van der Waals surface area (Å²) in [6.45, 7) is 1.74. The highest BCUT2D eigenvalue weighted by Crippen LogP contribution is 2.19. The molecule has 0 fully saturated rings. The minimum absolute atomic E-state index is 0.187. The maximum atomic E-state index is 12.4. The third-order valence-corrected chi connectivity index (χ3v) is 5.45. The first-order valence-electron chi connectivity index (χ1n) is 6.37. The number of aliphatic hydroxyl groups excluding tert-OH is 1. The van der Waals surface area contributed by atoms with E-state index in [0.29, 0.717) is 11.1 Å². The topological polar surface area (TPSA) is 66.4 Å². The van der Waals surface area contributed by atoms with Crippen molar-refractivity contribution < 1.29 is 13.5 Å². The molecule has 2 N–H and O–H groups in total. The molecule has 0 aromatic heterocycles. The lowest BCUT2D eigenvalue weighted by Crippen LogP contribution is -2.24. The summed E-state index contributed by atoms with van der Waals surface area (Å²) in [7, 11) is -3.62. The van der Waals surface area contributed by atoms with Gasteiger partial charge in [0.25, 0.3) is 0 Å². The van der Waals surface area contributed by atoms with E-state index in [9.17, 15) is 8.42 Å². The van der Waals surface area contributed by atoms with E-state index in [1.807, 2.05) is 24.3 Å². The van der Waals surface area contributed by atoms with Crippen LogP contribution < -0.4 is 4.72 Å². The van der Waals surface area contributed by atoms with Crippen LogP contribution in [0.5, 0.6) is 0 Å². The van der Waals surface area contributed by atoms with E-state index in [2.05, 4.69) is 20.7 Å². The zero-order chi connectivity index (χ0) is 15.5. The number of hydrogen-bond donors (Lipinski definition) is 2. The second-order valence-corrected chi connectivity index (χ2v) is 7.26. The summed E-state index contributed by atoms with van der Waals surface area (Å²) in [5.74, 6) is 0. The van der Waals surface area contributed by atoms with Crippen molar-refractivity contribution in [1.82, 2.24) is 4.72 Å². The number of halogens is 1. The summed E-state index contributed by atoms with van der Waals surface area (Å²) in [5, 5.41) is 9.14. The Morgan fingerprint density at radius 3 is 2.57 bits per heavy atom. The molecule has 0 aliphatic carbocycles. The standard InChI is InChI=1S/C15H16BrNO3S/c1-11-6-7-12(10-18)8-15(11)21(19,20)17-9-13-4-2-3-5-14(13)16/h2-8,17-18H,9-10H2,1H3. The Bertz CT molecular complexity index is 744. The van der Waals surface area contributed by atoms with Gasteiger partial charge in [0, 0.05) is 11.0 Å². The van der Waals surface area contributed by atoms with Crippen molar-refractivity contribution in [2.75, 3.05) is 0 Å². The largest absolute Gasteiger partial charge is 0.392 e. The van der Waals surface area contributed by atoms with Crippen LogP contribution in [0, 0.1) is 6.92 Å². The third kappa shape index (κ3) is 3.91. The Labute approximate surface area is 133 Å². The van der Waals surface area contributed by atoms with Gasteiger partial charge >= 0.3 is 0 Å². The Kier molecular flexibility index (Phi) is 5.16. The molecule has 0 aliphatic heterocycles. The van der Waals surface area contributed by atoms with Gasteiger partial charge in [0.2, 0.25) is 10.0 Å². The second kappa shape index (κ2) is 6.70. The zero-order valence-electron chi connectivity index (χ0n) is 11.5. The number of sulfonamides is 1. The third-order valence-electron chi connectivity index (χ3n) is 3.14. The molecule has 0 radical (unpaired) electrons. The van der Waals surface area contributed by atoms with Gasteiger partial charge in [0.1, 0.15) is 0 Å². The molecule has 2 rings (SSSR count). The number of rotatable bonds is 5. The van der Waals surface area contributed by atoms with Crippen LogP contribution in [-0.2, 0) is 23.2 Å². The van der Waals surface area contributed by atoms with Crippen LogP contribution in [0.1, 0.15) is 16.7 Å². The summed E-state index contributed by atoms with van der Waals surface area (Å²) >= 11 is 3.39. The van der Waals surface area contributed by atoms with Gasteiger partial charge in [-0.25, -0.2) is 13.1 Å². The van der Waals surface area contributed by atoms with Crippen molar-refractivity contribution in [2.24, 2.45) is 0 Å². The molecule has 21 heavy (non-hydrogen) atoms. The van der Waals surface area contributed by atoms with Crippen LogP contribution in [0.3, 0.4) is 0 Å². The number of benzene rings is 2. The normalized spacial score (nSPS) is 11.6. The van der Waals surface area contributed by atoms with Crippen LogP contribution in [-0.4, -0.2) is 13.5 Å². The first-order chi connectivity index (χ1) is 9.94. The lowest BCUT2D eigenvalue weighted by Gasteiger charge is -2.11. The summed E-state index contributed by atoms with van der Waals surface area (Å²) in [5.41, 5.74) is 2.07. The van der Waals surface area contributed by atoms with Gasteiger partial charge in [0.15, 0.2) is 0 Å². The minimum atomic E-state index is -3.62. The number of aryl methyl sites for hydroxylation is 1. The van der Waals surface area contributed by atoms with E-state index in [0.717, 1.165) is 10.0 Å². The fraction of sp³-hybridized carbons (Fsp3) is 0.200. The lowest BCUT2D eigenvalue weighted by molar-refractivity contribution is 0.281. The fourth-order valence-corrected chi connectivity index (χ4v) is 3.65. The second-order valence-electron chi connectivity index (χ2n) is 4.67. The summed E-state index contributed by atoms with van der Waals surface area (Å²) in [4.78, 5) is 0.195. The number of nitrogens with one attached hydrogen (secondary N) is 1. The van der Waals surface area contributed by atoms with Crippen molar-refractivity contribution in [3.63, 3.8) is 0 Å². The van der Waals surface area contributed by atoms with Crippen molar-refractivity contribution in [3.05, 3.63) is 63.6 Å². The first kappa shape index (κ1) is 16.2. The van der Waals surface area contributed by atoms with Gasteiger partial charge in [-0.3, -0.25) is 0 Å². The van der Waals surface area contributed by atoms with Crippen molar-refractivity contribution in [3.8, 4) is 0 Å². The highest BCUT2D eigenvalue weighted by molar-refractivity contribution is 9.10. The molecule has 0 aliphatic rings. The fourth-order valence-electron chi connectivity index (χ4n) is 1.92. The molecule has 4 nitrogen and oxygen atoms in total. The predicted octanol–water partition coefficient (Wildman–Crippen LogP) is 2.73. The average Bonchev–Trinajstić information content (AvgIpc) is 2.47. The quantitative estimate of drug-likeness (QED) is 0.851. The highest BCUT2D eigenvalue weighted by atomic mass is 79.9. The Balaban J connectivity index is 2.25. The SMILES string of the molecule is Cc1ccc(CO)cc1S(=O)(=O)NCc1ccccc1Br. The van der Waals surface area contributed by atoms with Crippen LogP contribution in [0.4, 0.5) is 0 Å². The predicted molar refractivity (Wildman–Crippen MR) is 85.3 cm³/mol. The van der Waals surface area contributed by atoms with E-state index in [1.54, 1.807) is 19.1 Å². The number of aliphatic hydroxyl groups is 1. The van der Waals surface area contributed by atoms with E-state index in [1.165, 1.54) is 6.07 Å². The molecule has 2 aromatic carbocycles. The minimum Gasteiger partial charge on any atom is -0.392 e. The summed E-state index contributed by atoms with van der Waals surface area (Å²) in [6.07, 6.45) is 0. The molecule has 112 valence electrons. The maximum Gasteiger partial charge on any atom is 0.241 e. The molecule has 6 heteroatoms. The molecule has 0 amide bonds. The smallest absolute Gasteiger partial charge is 0.241 e. The van der Waals surface area contributed by atoms with Crippen LogP contribution in [0.15, 0.2) is 51.8 Å². The highest BCUT2D eigenvalue weighted by Gasteiger charge is 2.17. The lowest BCUT2D eigenvalue weighted by atomic mass is 10.2. The van der Waals surface area contributed by atoms with Gasteiger partial charge in [-0.1, -0.05) is 46.3 Å². The molecule has 0 unspecified atom stereocenters. The van der Waals surface area contributed by atoms with E-state index in [4.69, 9.17) is 5.11 Å². The van der Waals surface area contributed by atoms with Crippen LogP contribution >= 0.6 is 15.9 Å². The van der Waals surface area contributed by atoms with Crippen LogP contribution in [0.25, 0.3) is 0 Å². The van der Waals surface area contributed by atoms with Gasteiger partial charge in [-0.15, -0.1) is 0 Å². The molecule has 0 spiro atoms. The van der Waals surface area contributed by atoms with E-state index >= 15 is 0 Å². The van der Waals surface area contributed by atoms with Crippen LogP contribution in [0.2, 0.25) is 0 Å². The van der Waals surface area contributed by atoms with E-state index in [-0.39, 0.29) is 18.0 Å². The van der Waals surface area contributed by atoms with E-state index < -0.39 is 10.0 Å². The molecular weight excluding hydrogens is 354 g/mol. The Morgan fingerprint density at radius 1 is 1.19 bits per heavy atom. The van der Waals surface area contributed by atoms with Crippen molar-refractivity contribution in [1.29, 1.82) is 0 Å². The molecular formula is C15H16BrNO3S. The van der Waals surface area contributed by atoms with Gasteiger partial charge in [-0.2, -0.15) is 0 Å². The summed E-state index contributed by atoms with van der Waals surface area (Å²) in [6, 6.07) is 12.3. The van der Waals surface area contributed by atoms with Gasteiger partial charge in [0.05, 0.1) is 11.5 Å². The Morgan fingerprint density at radius 2 is 1.90 bits per heavy atom. The van der Waals surface area contributed by atoms with Crippen molar-refractivity contribution >= 4 is 26.0 Å². The maximum absolute atomic E-state index is 12.4. The molecule has 0 saturated heterocycles. The molecule has 0 heterocycles. The number of hydrogen-bond acceptors (Lipinski definition) is 3. The molecule has 0 bridgehead atoms. The molecule has 2 aromatic rings. The Hall–Kier alpha value is -1.21. The first-order valence-corrected chi connectivity index (χ1v) is 8.65. The molecule has 0 saturated carbocycles. The molecule has 0 atom stereocenters.